The van der Waals surface area contributed by atoms with Crippen molar-refractivity contribution in [2.75, 3.05) is 19.5 Å². The number of rotatable bonds is 6. The van der Waals surface area contributed by atoms with Crippen LogP contribution in [0.2, 0.25) is 0 Å². The molecule has 0 saturated carbocycles. The zero-order chi connectivity index (χ0) is 9.61. The quantitative estimate of drug-likeness (QED) is 0.461. The van der Waals surface area contributed by atoms with Gasteiger partial charge in [0.05, 0.1) is 0 Å². The first kappa shape index (κ1) is 12.2. The lowest BCUT2D eigenvalue weighted by atomic mass is 10.00. The maximum absolute atomic E-state index is 5.61. The standard InChI is InChI=1S/C10H22ClN/c1-5-10(2,3)12(4)9-7-6-8-11/h5-9H2,1-4H3. The van der Waals surface area contributed by atoms with Gasteiger partial charge in [-0.25, -0.2) is 0 Å². The molecule has 0 aliphatic heterocycles. The van der Waals surface area contributed by atoms with E-state index in [0.29, 0.717) is 5.54 Å². The Morgan fingerprint density at radius 1 is 1.25 bits per heavy atom. The smallest absolute Gasteiger partial charge is 0.0223 e. The minimum absolute atomic E-state index is 0.340. The average molecular weight is 192 g/mol. The molecular weight excluding hydrogens is 170 g/mol. The van der Waals surface area contributed by atoms with Crippen molar-refractivity contribution < 1.29 is 0 Å². The Morgan fingerprint density at radius 3 is 2.25 bits per heavy atom. The van der Waals surface area contributed by atoms with Crippen molar-refractivity contribution >= 4 is 11.6 Å². The fraction of sp³-hybridized carbons (Fsp3) is 1.00. The maximum atomic E-state index is 5.61. The summed E-state index contributed by atoms with van der Waals surface area (Å²) in [5, 5.41) is 0. The van der Waals surface area contributed by atoms with Crippen LogP contribution in [-0.4, -0.2) is 29.9 Å². The fourth-order valence-corrected chi connectivity index (χ4v) is 1.21. The fourth-order valence-electron chi connectivity index (χ4n) is 1.02. The largest absolute Gasteiger partial charge is 0.301 e. The number of unbranched alkanes of at least 4 members (excludes halogenated alkanes) is 1. The summed E-state index contributed by atoms with van der Waals surface area (Å²) in [7, 11) is 2.19. The molecule has 2 heteroatoms. The van der Waals surface area contributed by atoms with E-state index in [4.69, 9.17) is 11.6 Å². The maximum Gasteiger partial charge on any atom is 0.0223 e. The van der Waals surface area contributed by atoms with E-state index >= 15 is 0 Å². The van der Waals surface area contributed by atoms with Crippen LogP contribution in [0.25, 0.3) is 0 Å². The number of nitrogens with zero attached hydrogens (tertiary/aromatic N) is 1. The average Bonchev–Trinajstić information content (AvgIpc) is 2.05. The first-order valence-corrected chi connectivity index (χ1v) is 5.35. The predicted molar refractivity (Wildman–Crippen MR) is 57.0 cm³/mol. The first-order chi connectivity index (χ1) is 5.54. The molecule has 0 amide bonds. The van der Waals surface area contributed by atoms with Crippen LogP contribution < -0.4 is 0 Å². The molecule has 0 aromatic carbocycles. The topological polar surface area (TPSA) is 3.24 Å². The Bertz CT molecular complexity index is 112. The van der Waals surface area contributed by atoms with Gasteiger partial charge in [0, 0.05) is 11.4 Å². The number of alkyl halides is 1. The first-order valence-electron chi connectivity index (χ1n) is 4.81. The monoisotopic (exact) mass is 191 g/mol. The van der Waals surface area contributed by atoms with Gasteiger partial charge in [-0.3, -0.25) is 0 Å². The molecule has 12 heavy (non-hydrogen) atoms. The Morgan fingerprint density at radius 2 is 1.83 bits per heavy atom. The third-order valence-electron chi connectivity index (χ3n) is 2.78. The lowest BCUT2D eigenvalue weighted by Gasteiger charge is -2.34. The number of hydrogen-bond acceptors (Lipinski definition) is 1. The summed E-state index contributed by atoms with van der Waals surface area (Å²) in [6.45, 7) is 7.97. The summed E-state index contributed by atoms with van der Waals surface area (Å²) in [5.74, 6) is 0.792. The SMILES string of the molecule is CCC(C)(C)N(C)CCCCCl. The highest BCUT2D eigenvalue weighted by molar-refractivity contribution is 6.17. The van der Waals surface area contributed by atoms with Gasteiger partial charge in [0.15, 0.2) is 0 Å². The predicted octanol–water partition coefficient (Wildman–Crippen LogP) is 3.13. The molecule has 1 nitrogen and oxygen atoms in total. The van der Waals surface area contributed by atoms with E-state index in [0.717, 1.165) is 18.8 Å². The Balaban J connectivity index is 3.63. The minimum Gasteiger partial charge on any atom is -0.301 e. The molecule has 0 aromatic heterocycles. The molecule has 0 rings (SSSR count). The molecule has 74 valence electrons. The van der Waals surface area contributed by atoms with Gasteiger partial charge in [-0.05, 0) is 46.7 Å². The summed E-state index contributed by atoms with van der Waals surface area (Å²) in [5.41, 5.74) is 0.340. The van der Waals surface area contributed by atoms with Crippen LogP contribution in [0.1, 0.15) is 40.0 Å². The van der Waals surface area contributed by atoms with E-state index in [2.05, 4.69) is 32.7 Å². The zero-order valence-corrected chi connectivity index (χ0v) is 9.62. The molecule has 0 atom stereocenters. The van der Waals surface area contributed by atoms with E-state index < -0.39 is 0 Å². The van der Waals surface area contributed by atoms with E-state index in [1.807, 2.05) is 0 Å². The Kier molecular flexibility index (Phi) is 5.94. The summed E-state index contributed by atoms with van der Waals surface area (Å²) in [4.78, 5) is 2.42. The molecule has 0 spiro atoms. The second-order valence-corrected chi connectivity index (χ2v) is 4.36. The van der Waals surface area contributed by atoms with Crippen LogP contribution >= 0.6 is 11.6 Å². The highest BCUT2D eigenvalue weighted by Crippen LogP contribution is 2.16. The number of halogens is 1. The van der Waals surface area contributed by atoms with Crippen molar-refractivity contribution in [3.63, 3.8) is 0 Å². The molecule has 0 aromatic rings. The van der Waals surface area contributed by atoms with Gasteiger partial charge in [0.25, 0.3) is 0 Å². The minimum atomic E-state index is 0.340. The molecular formula is C10H22ClN. The van der Waals surface area contributed by atoms with Gasteiger partial charge < -0.3 is 4.90 Å². The van der Waals surface area contributed by atoms with E-state index in [-0.39, 0.29) is 0 Å². The van der Waals surface area contributed by atoms with E-state index in [1.54, 1.807) is 0 Å². The van der Waals surface area contributed by atoms with Crippen molar-refractivity contribution in [3.8, 4) is 0 Å². The molecule has 0 unspecified atom stereocenters. The van der Waals surface area contributed by atoms with Gasteiger partial charge in [-0.2, -0.15) is 0 Å². The van der Waals surface area contributed by atoms with Gasteiger partial charge >= 0.3 is 0 Å². The van der Waals surface area contributed by atoms with Crippen molar-refractivity contribution in [1.82, 2.24) is 4.90 Å². The van der Waals surface area contributed by atoms with Gasteiger partial charge in [-0.15, -0.1) is 11.6 Å². The third kappa shape index (κ3) is 4.32. The Hall–Kier alpha value is 0.250. The highest BCUT2D eigenvalue weighted by atomic mass is 35.5. The normalized spacial score (nSPS) is 12.5. The van der Waals surface area contributed by atoms with Crippen LogP contribution in [0.5, 0.6) is 0 Å². The van der Waals surface area contributed by atoms with Gasteiger partial charge in [-0.1, -0.05) is 6.92 Å². The Labute approximate surface area is 82.1 Å². The molecule has 0 heterocycles. The van der Waals surface area contributed by atoms with Crippen LogP contribution in [0.3, 0.4) is 0 Å². The van der Waals surface area contributed by atoms with Crippen LogP contribution in [0.4, 0.5) is 0 Å². The van der Waals surface area contributed by atoms with Crippen molar-refractivity contribution in [1.29, 1.82) is 0 Å². The molecule has 0 bridgehead atoms. The highest BCUT2D eigenvalue weighted by Gasteiger charge is 2.19. The zero-order valence-electron chi connectivity index (χ0n) is 8.86. The van der Waals surface area contributed by atoms with Crippen LogP contribution in [-0.2, 0) is 0 Å². The molecule has 0 fully saturated rings. The van der Waals surface area contributed by atoms with Gasteiger partial charge in [0.2, 0.25) is 0 Å². The molecule has 0 N–H and O–H groups in total. The van der Waals surface area contributed by atoms with Crippen LogP contribution in [0.15, 0.2) is 0 Å². The van der Waals surface area contributed by atoms with Crippen molar-refractivity contribution in [2.24, 2.45) is 0 Å². The summed E-state index contributed by atoms with van der Waals surface area (Å²) in [6.07, 6.45) is 3.54. The summed E-state index contributed by atoms with van der Waals surface area (Å²) in [6, 6.07) is 0. The summed E-state index contributed by atoms with van der Waals surface area (Å²) < 4.78 is 0. The second kappa shape index (κ2) is 5.82. The second-order valence-electron chi connectivity index (χ2n) is 3.98. The molecule has 0 aliphatic carbocycles. The van der Waals surface area contributed by atoms with Crippen molar-refractivity contribution in [3.05, 3.63) is 0 Å². The third-order valence-corrected chi connectivity index (χ3v) is 3.04. The van der Waals surface area contributed by atoms with Crippen LogP contribution in [0, 0.1) is 0 Å². The number of hydrogen-bond donors (Lipinski definition) is 0. The van der Waals surface area contributed by atoms with Crippen molar-refractivity contribution in [2.45, 2.75) is 45.6 Å². The molecule has 0 aliphatic rings. The molecule has 0 saturated heterocycles. The summed E-state index contributed by atoms with van der Waals surface area (Å²) >= 11 is 5.61. The van der Waals surface area contributed by atoms with Gasteiger partial charge in [0.1, 0.15) is 0 Å². The van der Waals surface area contributed by atoms with E-state index in [1.165, 1.54) is 12.8 Å². The lowest BCUT2D eigenvalue weighted by Crippen LogP contribution is -2.40. The van der Waals surface area contributed by atoms with E-state index in [9.17, 15) is 0 Å². The molecule has 0 radical (unpaired) electrons. The lowest BCUT2D eigenvalue weighted by molar-refractivity contribution is 0.149.